The van der Waals surface area contributed by atoms with Crippen molar-refractivity contribution in [3.8, 4) is 0 Å². The number of aromatic nitrogens is 1. The SMILES string of the molecule is O=C(NCC1CCC2(CCN(C(=O)c3cc4ccccc4[nH]3)CC2)O1)c1ccccc1F. The van der Waals surface area contributed by atoms with Crippen molar-refractivity contribution in [2.75, 3.05) is 19.6 Å². The van der Waals surface area contributed by atoms with Crippen molar-refractivity contribution in [2.24, 2.45) is 0 Å². The Balaban J connectivity index is 1.14. The molecule has 0 aliphatic carbocycles. The van der Waals surface area contributed by atoms with Crippen molar-refractivity contribution in [1.29, 1.82) is 0 Å². The maximum absolute atomic E-state index is 13.8. The van der Waals surface area contributed by atoms with Crippen molar-refractivity contribution in [3.63, 3.8) is 0 Å². The minimum Gasteiger partial charge on any atom is -0.370 e. The van der Waals surface area contributed by atoms with Crippen molar-refractivity contribution >= 4 is 22.7 Å². The largest absolute Gasteiger partial charge is 0.370 e. The number of piperidine rings is 1. The molecule has 1 atom stereocenters. The number of carbonyl (C=O) groups is 2. The van der Waals surface area contributed by atoms with E-state index >= 15 is 0 Å². The second-order valence-corrected chi connectivity index (χ2v) is 8.71. The lowest BCUT2D eigenvalue weighted by atomic mass is 9.88. The minimum atomic E-state index is -0.527. The lowest BCUT2D eigenvalue weighted by Crippen LogP contribution is -2.47. The van der Waals surface area contributed by atoms with Gasteiger partial charge in [0.05, 0.1) is 17.3 Å². The number of benzene rings is 2. The molecule has 1 aromatic heterocycles. The molecule has 0 bridgehead atoms. The number of amides is 2. The van der Waals surface area contributed by atoms with Crippen LogP contribution in [0.1, 0.15) is 46.5 Å². The van der Waals surface area contributed by atoms with Crippen molar-refractivity contribution in [3.05, 3.63) is 71.7 Å². The van der Waals surface area contributed by atoms with Gasteiger partial charge in [0, 0.05) is 30.5 Å². The van der Waals surface area contributed by atoms with Gasteiger partial charge in [0.2, 0.25) is 0 Å². The molecule has 2 aliphatic rings. The smallest absolute Gasteiger partial charge is 0.270 e. The second-order valence-electron chi connectivity index (χ2n) is 8.71. The van der Waals surface area contributed by atoms with E-state index in [1.807, 2.05) is 35.2 Å². The Bertz CT molecular complexity index is 1120. The van der Waals surface area contributed by atoms with Crippen molar-refractivity contribution < 1.29 is 18.7 Å². The fraction of sp³-hybridized carbons (Fsp3) is 0.360. The van der Waals surface area contributed by atoms with Crippen LogP contribution in [0.5, 0.6) is 0 Å². The Labute approximate surface area is 185 Å². The molecular weight excluding hydrogens is 409 g/mol. The highest BCUT2D eigenvalue weighted by Crippen LogP contribution is 2.39. The number of nitrogens with one attached hydrogen (secondary N) is 2. The van der Waals surface area contributed by atoms with Gasteiger partial charge in [-0.1, -0.05) is 30.3 Å². The van der Waals surface area contributed by atoms with Crippen LogP contribution in [-0.2, 0) is 4.74 Å². The first-order valence-electron chi connectivity index (χ1n) is 11.1. The van der Waals surface area contributed by atoms with Crippen LogP contribution in [-0.4, -0.2) is 53.0 Å². The van der Waals surface area contributed by atoms with Gasteiger partial charge in [-0.05, 0) is 49.9 Å². The number of carbonyl (C=O) groups excluding carboxylic acids is 2. The maximum atomic E-state index is 13.8. The third-order valence-corrected chi connectivity index (χ3v) is 6.67. The summed E-state index contributed by atoms with van der Waals surface area (Å²) in [4.78, 5) is 30.3. The summed E-state index contributed by atoms with van der Waals surface area (Å²) in [6.07, 6.45) is 3.20. The molecule has 32 heavy (non-hydrogen) atoms. The molecule has 6 nitrogen and oxygen atoms in total. The predicted octanol–water partition coefficient (Wildman–Crippen LogP) is 3.89. The summed E-state index contributed by atoms with van der Waals surface area (Å²) in [7, 11) is 0. The maximum Gasteiger partial charge on any atom is 0.270 e. The minimum absolute atomic E-state index is 0.0164. The lowest BCUT2D eigenvalue weighted by Gasteiger charge is -2.39. The van der Waals surface area contributed by atoms with E-state index in [4.69, 9.17) is 4.74 Å². The van der Waals surface area contributed by atoms with Crippen LogP contribution < -0.4 is 5.32 Å². The molecule has 2 fully saturated rings. The van der Waals surface area contributed by atoms with E-state index in [2.05, 4.69) is 10.3 Å². The van der Waals surface area contributed by atoms with E-state index in [1.54, 1.807) is 12.1 Å². The predicted molar refractivity (Wildman–Crippen MR) is 119 cm³/mol. The molecule has 2 amide bonds. The second kappa shape index (κ2) is 8.39. The summed E-state index contributed by atoms with van der Waals surface area (Å²) in [5.74, 6) is -0.935. The quantitative estimate of drug-likeness (QED) is 0.653. The van der Waals surface area contributed by atoms with Gasteiger partial charge in [-0.15, -0.1) is 0 Å². The molecule has 7 heteroatoms. The van der Waals surface area contributed by atoms with Gasteiger partial charge in [-0.3, -0.25) is 9.59 Å². The van der Waals surface area contributed by atoms with Gasteiger partial charge < -0.3 is 19.9 Å². The van der Waals surface area contributed by atoms with Crippen molar-refractivity contribution in [1.82, 2.24) is 15.2 Å². The first-order valence-corrected chi connectivity index (χ1v) is 11.1. The zero-order valence-electron chi connectivity index (χ0n) is 17.8. The molecule has 2 aromatic carbocycles. The lowest BCUT2D eigenvalue weighted by molar-refractivity contribution is -0.0712. The number of halogens is 1. The van der Waals surface area contributed by atoms with Gasteiger partial charge in [-0.25, -0.2) is 4.39 Å². The Hall–Kier alpha value is -3.19. The number of hydrogen-bond acceptors (Lipinski definition) is 3. The van der Waals surface area contributed by atoms with E-state index in [9.17, 15) is 14.0 Å². The molecule has 2 N–H and O–H groups in total. The summed E-state index contributed by atoms with van der Waals surface area (Å²) in [6.45, 7) is 1.64. The van der Waals surface area contributed by atoms with Crippen LogP contribution in [0.15, 0.2) is 54.6 Å². The van der Waals surface area contributed by atoms with E-state index in [1.165, 1.54) is 12.1 Å². The van der Waals surface area contributed by atoms with Gasteiger partial charge in [0.25, 0.3) is 11.8 Å². The summed E-state index contributed by atoms with van der Waals surface area (Å²) in [5.41, 5.74) is 1.38. The van der Waals surface area contributed by atoms with E-state index < -0.39 is 11.7 Å². The third-order valence-electron chi connectivity index (χ3n) is 6.67. The van der Waals surface area contributed by atoms with Gasteiger partial charge in [0.15, 0.2) is 0 Å². The summed E-state index contributed by atoms with van der Waals surface area (Å²) < 4.78 is 20.1. The molecule has 0 saturated carbocycles. The van der Waals surface area contributed by atoms with Gasteiger partial charge in [-0.2, -0.15) is 0 Å². The normalized spacial score (nSPS) is 20.0. The number of rotatable bonds is 4. The monoisotopic (exact) mass is 435 g/mol. The number of para-hydroxylation sites is 1. The first-order chi connectivity index (χ1) is 15.5. The van der Waals surface area contributed by atoms with E-state index in [0.29, 0.717) is 25.3 Å². The zero-order chi connectivity index (χ0) is 22.1. The van der Waals surface area contributed by atoms with Crippen LogP contribution in [0.25, 0.3) is 10.9 Å². The standard InChI is InChI=1S/C25H26FN3O3/c26-20-7-3-2-6-19(20)23(30)27-16-18-9-10-25(32-18)11-13-29(14-12-25)24(31)22-15-17-5-1-4-8-21(17)28-22/h1-8,15,18,28H,9-14,16H2,(H,27,30). The van der Waals surface area contributed by atoms with Crippen LogP contribution in [0.3, 0.4) is 0 Å². The first kappa shape index (κ1) is 20.7. The highest BCUT2D eigenvalue weighted by molar-refractivity contribution is 5.98. The van der Waals surface area contributed by atoms with Crippen LogP contribution in [0.2, 0.25) is 0 Å². The number of fused-ring (bicyclic) bond motifs is 1. The Morgan fingerprint density at radius 2 is 1.84 bits per heavy atom. The molecular formula is C25H26FN3O3. The topological polar surface area (TPSA) is 74.4 Å². The molecule has 5 rings (SSSR count). The summed E-state index contributed by atoms with van der Waals surface area (Å²) >= 11 is 0. The number of ether oxygens (including phenoxy) is 1. The highest BCUT2D eigenvalue weighted by atomic mass is 19.1. The van der Waals surface area contributed by atoms with Crippen LogP contribution in [0, 0.1) is 5.82 Å². The fourth-order valence-electron chi connectivity index (χ4n) is 4.83. The number of H-pyrrole nitrogens is 1. The molecule has 1 spiro atoms. The number of likely N-dealkylation sites (tertiary alicyclic amines) is 1. The number of hydrogen-bond donors (Lipinski definition) is 2. The number of aromatic amines is 1. The molecule has 166 valence electrons. The molecule has 2 saturated heterocycles. The van der Waals surface area contributed by atoms with Gasteiger partial charge >= 0.3 is 0 Å². The molecule has 3 aromatic rings. The molecule has 3 heterocycles. The zero-order valence-corrected chi connectivity index (χ0v) is 17.8. The fourth-order valence-corrected chi connectivity index (χ4v) is 4.83. The molecule has 0 radical (unpaired) electrons. The average Bonchev–Trinajstić information content (AvgIpc) is 3.42. The summed E-state index contributed by atoms with van der Waals surface area (Å²) in [6, 6.07) is 15.7. The Kier molecular flexibility index (Phi) is 5.43. The molecule has 1 unspecified atom stereocenters. The average molecular weight is 435 g/mol. The summed E-state index contributed by atoms with van der Waals surface area (Å²) in [5, 5.41) is 3.82. The van der Waals surface area contributed by atoms with Crippen LogP contribution >= 0.6 is 0 Å². The molecule has 2 aliphatic heterocycles. The van der Waals surface area contributed by atoms with E-state index in [-0.39, 0.29) is 23.2 Å². The van der Waals surface area contributed by atoms with E-state index in [0.717, 1.165) is 36.6 Å². The number of nitrogens with zero attached hydrogens (tertiary/aromatic N) is 1. The van der Waals surface area contributed by atoms with Crippen molar-refractivity contribution in [2.45, 2.75) is 37.4 Å². The van der Waals surface area contributed by atoms with Gasteiger partial charge in [0.1, 0.15) is 11.5 Å². The Morgan fingerprint density at radius 3 is 2.62 bits per heavy atom. The van der Waals surface area contributed by atoms with Crippen LogP contribution in [0.4, 0.5) is 4.39 Å². The Morgan fingerprint density at radius 1 is 1.09 bits per heavy atom. The third kappa shape index (κ3) is 4.00. The highest BCUT2D eigenvalue weighted by Gasteiger charge is 2.43.